The highest BCUT2D eigenvalue weighted by molar-refractivity contribution is 8.00. The van der Waals surface area contributed by atoms with Crippen LogP contribution in [0, 0.1) is 12.7 Å². The topological polar surface area (TPSA) is 49.4 Å². The van der Waals surface area contributed by atoms with Gasteiger partial charge in [0.1, 0.15) is 11.2 Å². The highest BCUT2D eigenvalue weighted by Crippen LogP contribution is 2.42. The van der Waals surface area contributed by atoms with Crippen LogP contribution in [-0.4, -0.2) is 17.6 Å². The van der Waals surface area contributed by atoms with E-state index in [0.717, 1.165) is 17.7 Å². The first-order valence-electron chi connectivity index (χ1n) is 8.59. The molecule has 0 radical (unpaired) electrons. The van der Waals surface area contributed by atoms with Crippen LogP contribution >= 0.6 is 11.8 Å². The number of hydrogen-bond acceptors (Lipinski definition) is 3. The van der Waals surface area contributed by atoms with Crippen LogP contribution in [0.15, 0.2) is 42.5 Å². The average Bonchev–Trinajstić information content (AvgIpc) is 3.00. The summed E-state index contributed by atoms with van der Waals surface area (Å²) in [6.07, 6.45) is 1.29. The summed E-state index contributed by atoms with van der Waals surface area (Å²) in [7, 11) is 0. The zero-order chi connectivity index (χ0) is 18.7. The number of aryl methyl sites for hydroxylation is 1. The number of benzene rings is 2. The van der Waals surface area contributed by atoms with Crippen LogP contribution in [0.1, 0.15) is 36.3 Å². The lowest BCUT2D eigenvalue weighted by atomic mass is 10.1. The average molecular weight is 372 g/mol. The van der Waals surface area contributed by atoms with Gasteiger partial charge in [0.05, 0.1) is 5.75 Å². The quantitative estimate of drug-likeness (QED) is 0.831. The van der Waals surface area contributed by atoms with E-state index in [2.05, 4.69) is 5.32 Å². The zero-order valence-electron chi connectivity index (χ0n) is 14.8. The normalized spacial score (nSPS) is 16.8. The van der Waals surface area contributed by atoms with Gasteiger partial charge in [0.25, 0.3) is 0 Å². The second-order valence-electron chi connectivity index (χ2n) is 6.28. The number of nitrogens with one attached hydrogen (secondary N) is 1. The summed E-state index contributed by atoms with van der Waals surface area (Å²) >= 11 is 1.51. The van der Waals surface area contributed by atoms with Gasteiger partial charge in [0.15, 0.2) is 0 Å². The molecule has 26 heavy (non-hydrogen) atoms. The number of halogens is 1. The Labute approximate surface area is 156 Å². The molecule has 1 fully saturated rings. The second kappa shape index (κ2) is 7.91. The Balaban J connectivity index is 1.82. The highest BCUT2D eigenvalue weighted by atomic mass is 32.2. The first-order valence-corrected chi connectivity index (χ1v) is 9.64. The van der Waals surface area contributed by atoms with Crippen molar-refractivity contribution in [2.45, 2.75) is 32.1 Å². The molecule has 0 aromatic heterocycles. The smallest absolute Gasteiger partial charge is 0.238 e. The fourth-order valence-electron chi connectivity index (χ4n) is 2.86. The van der Waals surface area contributed by atoms with Crippen molar-refractivity contribution >= 4 is 35.0 Å². The Morgan fingerprint density at radius 3 is 2.65 bits per heavy atom. The van der Waals surface area contributed by atoms with Crippen LogP contribution in [0.5, 0.6) is 0 Å². The zero-order valence-corrected chi connectivity index (χ0v) is 15.6. The molecular weight excluding hydrogens is 351 g/mol. The number of carbonyl (C=O) groups excluding carboxylic acids is 2. The van der Waals surface area contributed by atoms with Gasteiger partial charge >= 0.3 is 0 Å². The Morgan fingerprint density at radius 2 is 2.00 bits per heavy atom. The van der Waals surface area contributed by atoms with Gasteiger partial charge in [-0.05, 0) is 48.7 Å². The van der Waals surface area contributed by atoms with Crippen molar-refractivity contribution in [1.82, 2.24) is 0 Å². The number of nitrogens with zero attached hydrogens (tertiary/aromatic N) is 1. The SMILES string of the molecule is CCCC(=O)Nc1ccc([C@@H]2SCC(=O)N2c2ccc(C)c(F)c2)cc1. The molecule has 1 aliphatic rings. The van der Waals surface area contributed by atoms with Crippen LogP contribution in [0.25, 0.3) is 0 Å². The van der Waals surface area contributed by atoms with Crippen molar-refractivity contribution in [3.05, 3.63) is 59.4 Å². The van der Waals surface area contributed by atoms with Gasteiger partial charge in [-0.2, -0.15) is 0 Å². The van der Waals surface area contributed by atoms with E-state index in [1.165, 1.54) is 17.8 Å². The third-order valence-corrected chi connectivity index (χ3v) is 5.47. The number of amides is 2. The molecule has 2 amide bonds. The highest BCUT2D eigenvalue weighted by Gasteiger charge is 2.34. The van der Waals surface area contributed by atoms with Gasteiger partial charge in [-0.15, -0.1) is 11.8 Å². The van der Waals surface area contributed by atoms with E-state index in [9.17, 15) is 14.0 Å². The molecule has 1 aliphatic heterocycles. The van der Waals surface area contributed by atoms with E-state index >= 15 is 0 Å². The van der Waals surface area contributed by atoms with E-state index in [1.54, 1.807) is 24.0 Å². The Morgan fingerprint density at radius 1 is 1.27 bits per heavy atom. The maximum Gasteiger partial charge on any atom is 0.238 e. The summed E-state index contributed by atoms with van der Waals surface area (Å²) in [4.78, 5) is 25.7. The summed E-state index contributed by atoms with van der Waals surface area (Å²) in [5.41, 5.74) is 2.79. The molecule has 2 aromatic rings. The van der Waals surface area contributed by atoms with E-state index < -0.39 is 0 Å². The molecule has 1 saturated heterocycles. The first-order chi connectivity index (χ1) is 12.5. The second-order valence-corrected chi connectivity index (χ2v) is 7.35. The van der Waals surface area contributed by atoms with E-state index in [1.807, 2.05) is 31.2 Å². The van der Waals surface area contributed by atoms with Crippen LogP contribution < -0.4 is 10.2 Å². The predicted molar refractivity (Wildman–Crippen MR) is 104 cm³/mol. The first kappa shape index (κ1) is 18.5. The predicted octanol–water partition coefficient (Wildman–Crippen LogP) is 4.65. The van der Waals surface area contributed by atoms with Crippen molar-refractivity contribution in [3.8, 4) is 0 Å². The molecule has 0 spiro atoms. The monoisotopic (exact) mass is 372 g/mol. The molecule has 6 heteroatoms. The lowest BCUT2D eigenvalue weighted by molar-refractivity contribution is -0.116. The number of anilines is 2. The minimum atomic E-state index is -0.320. The number of rotatable bonds is 5. The Kier molecular flexibility index (Phi) is 5.61. The molecule has 0 bridgehead atoms. The van der Waals surface area contributed by atoms with E-state index in [4.69, 9.17) is 0 Å². The summed E-state index contributed by atoms with van der Waals surface area (Å²) in [6, 6.07) is 12.3. The van der Waals surface area contributed by atoms with Crippen LogP contribution in [0.3, 0.4) is 0 Å². The van der Waals surface area contributed by atoms with E-state index in [-0.39, 0.29) is 23.0 Å². The molecule has 2 aromatic carbocycles. The van der Waals surface area contributed by atoms with Gasteiger partial charge in [-0.25, -0.2) is 4.39 Å². The molecule has 0 aliphatic carbocycles. The minimum Gasteiger partial charge on any atom is -0.326 e. The third-order valence-electron chi connectivity index (χ3n) is 4.26. The standard InChI is InChI=1S/C20H21FN2O2S/c1-3-4-18(24)22-15-8-6-14(7-9-15)20-23(19(25)12-26-20)16-10-5-13(2)17(21)11-16/h5-11,20H,3-4,12H2,1-2H3,(H,22,24)/t20-/m0/s1. The summed E-state index contributed by atoms with van der Waals surface area (Å²) < 4.78 is 13.9. The summed E-state index contributed by atoms with van der Waals surface area (Å²) in [5.74, 6) is -0.0132. The summed E-state index contributed by atoms with van der Waals surface area (Å²) in [5, 5.41) is 2.65. The third kappa shape index (κ3) is 3.90. The maximum absolute atomic E-state index is 13.9. The van der Waals surface area contributed by atoms with Crippen LogP contribution in [0.4, 0.5) is 15.8 Å². The molecule has 136 valence electrons. The molecule has 3 rings (SSSR count). The van der Waals surface area contributed by atoms with Crippen molar-refractivity contribution in [2.24, 2.45) is 0 Å². The maximum atomic E-state index is 13.9. The molecule has 1 heterocycles. The van der Waals surface area contributed by atoms with Gasteiger partial charge in [-0.1, -0.05) is 25.1 Å². The molecule has 0 saturated carbocycles. The number of thioether (sulfide) groups is 1. The van der Waals surface area contributed by atoms with Crippen molar-refractivity contribution < 1.29 is 14.0 Å². The lowest BCUT2D eigenvalue weighted by Gasteiger charge is -2.24. The van der Waals surface area contributed by atoms with Gasteiger partial charge in [0.2, 0.25) is 11.8 Å². The molecule has 4 nitrogen and oxygen atoms in total. The van der Waals surface area contributed by atoms with Crippen LogP contribution in [0.2, 0.25) is 0 Å². The fraction of sp³-hybridized carbons (Fsp3) is 0.300. The van der Waals surface area contributed by atoms with Gasteiger partial charge in [-0.3, -0.25) is 14.5 Å². The molecular formula is C20H21FN2O2S. The Hall–Kier alpha value is -2.34. The van der Waals surface area contributed by atoms with Crippen molar-refractivity contribution in [1.29, 1.82) is 0 Å². The van der Waals surface area contributed by atoms with Gasteiger partial charge < -0.3 is 5.32 Å². The molecule has 1 atom stereocenters. The van der Waals surface area contributed by atoms with Crippen molar-refractivity contribution in [2.75, 3.05) is 16.0 Å². The van der Waals surface area contributed by atoms with Crippen molar-refractivity contribution in [3.63, 3.8) is 0 Å². The van der Waals surface area contributed by atoms with Crippen LogP contribution in [-0.2, 0) is 9.59 Å². The summed E-state index contributed by atoms with van der Waals surface area (Å²) in [6.45, 7) is 3.65. The molecule has 1 N–H and O–H groups in total. The molecule has 0 unspecified atom stereocenters. The van der Waals surface area contributed by atoms with E-state index in [0.29, 0.717) is 23.4 Å². The Bertz CT molecular complexity index is 823. The minimum absolute atomic E-state index is 0.0116. The lowest BCUT2D eigenvalue weighted by Crippen LogP contribution is -2.27. The number of carbonyl (C=O) groups is 2. The number of hydrogen-bond donors (Lipinski definition) is 1. The largest absolute Gasteiger partial charge is 0.326 e. The fourth-order valence-corrected chi connectivity index (χ4v) is 4.04. The van der Waals surface area contributed by atoms with Gasteiger partial charge in [0, 0.05) is 17.8 Å².